The van der Waals surface area contributed by atoms with Crippen LogP contribution in [0.5, 0.6) is 5.75 Å². The molecule has 3 heterocycles. The Kier molecular flexibility index (Phi) is 6.11. The van der Waals surface area contributed by atoms with Crippen molar-refractivity contribution in [1.29, 1.82) is 0 Å². The van der Waals surface area contributed by atoms with E-state index < -0.39 is 53.0 Å². The number of pyridine rings is 1. The Hall–Kier alpha value is -3.76. The predicted molar refractivity (Wildman–Crippen MR) is 117 cm³/mol. The van der Waals surface area contributed by atoms with Gasteiger partial charge in [0.15, 0.2) is 11.4 Å². The van der Waals surface area contributed by atoms with Crippen LogP contribution in [0.3, 0.4) is 0 Å². The molecule has 8 nitrogen and oxygen atoms in total. The molecule has 2 N–H and O–H groups in total. The molecule has 1 aromatic carbocycles. The fourth-order valence-electron chi connectivity index (χ4n) is 4.56. The molecule has 4 rings (SSSR count). The minimum Gasteiger partial charge on any atom is -0.502 e. The van der Waals surface area contributed by atoms with Crippen molar-refractivity contribution >= 4 is 11.8 Å². The smallest absolute Gasteiger partial charge is 0.278 e. The topological polar surface area (TPSA) is 94.9 Å². The first-order valence-corrected chi connectivity index (χ1v) is 10.7. The Morgan fingerprint density at radius 1 is 1.29 bits per heavy atom. The van der Waals surface area contributed by atoms with Crippen LogP contribution in [0.4, 0.5) is 13.2 Å². The summed E-state index contributed by atoms with van der Waals surface area (Å²) in [5, 5.41) is 14.7. The number of benzene rings is 1. The van der Waals surface area contributed by atoms with E-state index in [-0.39, 0.29) is 30.0 Å². The maximum absolute atomic E-state index is 13.9. The molecule has 0 saturated carbocycles. The quantitative estimate of drug-likeness (QED) is 0.645. The van der Waals surface area contributed by atoms with Crippen LogP contribution in [0.15, 0.2) is 35.1 Å². The SMILES string of the molecule is C=C1CCCN2[C@@H]1N(CCF)C(=O)c1c(O)c(=O)c(C(=O)NCc3ccc(F)cc3F)c(C)n12. The number of amides is 2. The van der Waals surface area contributed by atoms with E-state index in [2.05, 4.69) is 11.9 Å². The van der Waals surface area contributed by atoms with Crippen molar-refractivity contribution in [1.82, 2.24) is 14.9 Å². The minimum absolute atomic E-state index is 0.000812. The number of fused-ring (bicyclic) bond motifs is 3. The molecular formula is C23H23F3N4O4. The van der Waals surface area contributed by atoms with Gasteiger partial charge in [-0.3, -0.25) is 24.1 Å². The zero-order valence-electron chi connectivity index (χ0n) is 18.4. The summed E-state index contributed by atoms with van der Waals surface area (Å²) in [6.07, 6.45) is 0.563. The summed E-state index contributed by atoms with van der Waals surface area (Å²) in [4.78, 5) is 40.3. The van der Waals surface area contributed by atoms with E-state index in [9.17, 15) is 32.7 Å². The van der Waals surface area contributed by atoms with Crippen LogP contribution >= 0.6 is 0 Å². The molecule has 0 radical (unpaired) electrons. The highest BCUT2D eigenvalue weighted by atomic mass is 19.1. The second-order valence-electron chi connectivity index (χ2n) is 8.20. The largest absolute Gasteiger partial charge is 0.502 e. The summed E-state index contributed by atoms with van der Waals surface area (Å²) >= 11 is 0. The minimum atomic E-state index is -1.08. The molecule has 2 aromatic rings. The lowest BCUT2D eigenvalue weighted by Crippen LogP contribution is -2.64. The van der Waals surface area contributed by atoms with Crippen molar-refractivity contribution in [3.63, 3.8) is 0 Å². The third-order valence-electron chi connectivity index (χ3n) is 6.11. The van der Waals surface area contributed by atoms with E-state index in [0.29, 0.717) is 31.0 Å². The van der Waals surface area contributed by atoms with Gasteiger partial charge in [0.1, 0.15) is 30.0 Å². The lowest BCUT2D eigenvalue weighted by atomic mass is 10.00. The number of hydrogen-bond donors (Lipinski definition) is 2. The van der Waals surface area contributed by atoms with Crippen LogP contribution < -0.4 is 15.8 Å². The number of aromatic hydroxyl groups is 1. The van der Waals surface area contributed by atoms with E-state index in [1.54, 1.807) is 5.01 Å². The zero-order valence-corrected chi connectivity index (χ0v) is 18.4. The van der Waals surface area contributed by atoms with E-state index in [1.165, 1.54) is 16.5 Å². The Bertz CT molecular complexity index is 1260. The van der Waals surface area contributed by atoms with Gasteiger partial charge in [0.25, 0.3) is 11.8 Å². The summed E-state index contributed by atoms with van der Waals surface area (Å²) in [6.45, 7) is 4.44. The van der Waals surface area contributed by atoms with Crippen LogP contribution in [-0.4, -0.2) is 52.4 Å². The molecule has 1 aromatic heterocycles. The van der Waals surface area contributed by atoms with E-state index in [0.717, 1.165) is 12.1 Å². The molecule has 2 aliphatic heterocycles. The fraction of sp³-hybridized carbons (Fsp3) is 0.348. The van der Waals surface area contributed by atoms with Crippen molar-refractivity contribution in [3.8, 4) is 5.75 Å². The molecule has 11 heteroatoms. The van der Waals surface area contributed by atoms with Gasteiger partial charge in [0.2, 0.25) is 5.43 Å². The third kappa shape index (κ3) is 3.70. The Morgan fingerprint density at radius 3 is 2.71 bits per heavy atom. The van der Waals surface area contributed by atoms with Crippen LogP contribution in [0.25, 0.3) is 0 Å². The maximum atomic E-state index is 13.9. The van der Waals surface area contributed by atoms with Crippen molar-refractivity contribution < 1.29 is 27.9 Å². The fourth-order valence-corrected chi connectivity index (χ4v) is 4.56. The van der Waals surface area contributed by atoms with Gasteiger partial charge >= 0.3 is 0 Å². The zero-order chi connectivity index (χ0) is 24.7. The van der Waals surface area contributed by atoms with Crippen LogP contribution in [-0.2, 0) is 6.54 Å². The molecule has 0 aliphatic carbocycles. The lowest BCUT2D eigenvalue weighted by Gasteiger charge is -2.50. The molecule has 1 fully saturated rings. The molecule has 0 unspecified atom stereocenters. The van der Waals surface area contributed by atoms with Crippen molar-refractivity contribution in [3.05, 3.63) is 74.7 Å². The molecular weight excluding hydrogens is 453 g/mol. The summed E-state index contributed by atoms with van der Waals surface area (Å²) in [7, 11) is 0. The Balaban J connectivity index is 1.78. The van der Waals surface area contributed by atoms with Gasteiger partial charge in [-0.1, -0.05) is 12.6 Å². The van der Waals surface area contributed by atoms with Gasteiger partial charge in [-0.05, 0) is 31.4 Å². The van der Waals surface area contributed by atoms with Gasteiger partial charge in [-0.2, -0.15) is 0 Å². The summed E-state index contributed by atoms with van der Waals surface area (Å²) in [5.41, 5.74) is -1.12. The second-order valence-corrected chi connectivity index (χ2v) is 8.20. The Labute approximate surface area is 192 Å². The first-order valence-electron chi connectivity index (χ1n) is 10.7. The van der Waals surface area contributed by atoms with Gasteiger partial charge in [0, 0.05) is 24.7 Å². The van der Waals surface area contributed by atoms with Crippen LogP contribution in [0.1, 0.15) is 44.9 Å². The number of carbonyl (C=O) groups is 2. The molecule has 1 saturated heterocycles. The highest BCUT2D eigenvalue weighted by Crippen LogP contribution is 2.33. The highest BCUT2D eigenvalue weighted by Gasteiger charge is 2.44. The van der Waals surface area contributed by atoms with Gasteiger partial charge in [-0.15, -0.1) is 0 Å². The highest BCUT2D eigenvalue weighted by molar-refractivity contribution is 6.00. The van der Waals surface area contributed by atoms with Gasteiger partial charge < -0.3 is 15.3 Å². The monoisotopic (exact) mass is 476 g/mol. The van der Waals surface area contributed by atoms with E-state index >= 15 is 0 Å². The maximum Gasteiger partial charge on any atom is 0.278 e. The molecule has 180 valence electrons. The average molecular weight is 476 g/mol. The van der Waals surface area contributed by atoms with Crippen LogP contribution in [0, 0.1) is 18.6 Å². The summed E-state index contributed by atoms with van der Waals surface area (Å²) in [5.74, 6) is -4.23. The summed E-state index contributed by atoms with van der Waals surface area (Å²) in [6, 6.07) is 2.87. The molecule has 1 atom stereocenters. The molecule has 0 bridgehead atoms. The number of piperidine rings is 1. The number of nitrogens with zero attached hydrogens (tertiary/aromatic N) is 3. The number of alkyl halides is 1. The van der Waals surface area contributed by atoms with Crippen molar-refractivity contribution in [2.75, 3.05) is 24.8 Å². The average Bonchev–Trinajstić information content (AvgIpc) is 2.78. The standard InChI is InChI=1S/C23H23F3N4O4/c1-12-4-3-8-29-22(12)28(9-7-24)23(34)18-20(32)19(31)17(13(2)30(18)29)21(33)27-11-14-5-6-15(25)10-16(14)26/h5-6,10,22,32H,1,3-4,7-9,11H2,2H3,(H,27,33)/t22-/m0/s1. The molecule has 2 aliphatic rings. The Morgan fingerprint density at radius 2 is 2.03 bits per heavy atom. The second kappa shape index (κ2) is 8.88. The molecule has 2 amide bonds. The lowest BCUT2D eigenvalue weighted by molar-refractivity contribution is 0.0570. The number of nitrogens with one attached hydrogen (secondary N) is 1. The number of aromatic nitrogens is 1. The molecule has 34 heavy (non-hydrogen) atoms. The van der Waals surface area contributed by atoms with Gasteiger partial charge in [-0.25, -0.2) is 13.2 Å². The first-order chi connectivity index (χ1) is 16.2. The normalized spacial score (nSPS) is 17.5. The van der Waals surface area contributed by atoms with Gasteiger partial charge in [0.05, 0.1) is 12.2 Å². The third-order valence-corrected chi connectivity index (χ3v) is 6.11. The predicted octanol–water partition coefficient (Wildman–Crippen LogP) is 2.11. The van der Waals surface area contributed by atoms with Crippen LogP contribution in [0.2, 0.25) is 0 Å². The number of rotatable bonds is 5. The molecule has 0 spiro atoms. The number of hydrogen-bond acceptors (Lipinski definition) is 5. The first kappa shape index (κ1) is 23.4. The number of carbonyl (C=O) groups excluding carboxylic acids is 2. The van der Waals surface area contributed by atoms with Crippen molar-refractivity contribution in [2.45, 2.75) is 32.5 Å². The number of halogens is 3. The van der Waals surface area contributed by atoms with Crippen molar-refractivity contribution in [2.24, 2.45) is 0 Å². The van der Waals surface area contributed by atoms with E-state index in [4.69, 9.17) is 0 Å². The summed E-state index contributed by atoms with van der Waals surface area (Å²) < 4.78 is 41.6. The van der Waals surface area contributed by atoms with E-state index in [1.807, 2.05) is 0 Å².